The third-order valence-corrected chi connectivity index (χ3v) is 2.98. The largest absolute Gasteiger partial charge is 0.508 e. The third kappa shape index (κ3) is 1.45. The molecule has 0 bridgehead atoms. The van der Waals surface area contributed by atoms with Gasteiger partial charge in [0.1, 0.15) is 11.4 Å². The molecule has 0 aliphatic carbocycles. The number of halogens is 1. The normalized spacial score (nSPS) is 19.5. The van der Waals surface area contributed by atoms with E-state index in [1.54, 1.807) is 18.2 Å². The first-order valence-electron chi connectivity index (χ1n) is 4.04. The molecule has 0 amide bonds. The smallest absolute Gasteiger partial charge is 0.116 e. The number of aliphatic hydroxyl groups is 1. The minimum atomic E-state index is -0.822. The Labute approximate surface area is 84.5 Å². The maximum Gasteiger partial charge on any atom is 0.116 e. The summed E-state index contributed by atoms with van der Waals surface area (Å²) in [5.74, 6) is 0.179. The van der Waals surface area contributed by atoms with Gasteiger partial charge in [-0.05, 0) is 18.2 Å². The second-order valence-corrected chi connectivity index (χ2v) is 4.15. The van der Waals surface area contributed by atoms with Crippen LogP contribution >= 0.6 is 15.9 Å². The maximum absolute atomic E-state index is 9.98. The monoisotopic (exact) mass is 243 g/mol. The molecule has 2 rings (SSSR count). The molecule has 0 unspecified atom stereocenters. The summed E-state index contributed by atoms with van der Waals surface area (Å²) in [6.07, 6.45) is 0. The van der Waals surface area contributed by atoms with E-state index in [4.69, 9.17) is 0 Å². The molecule has 1 aromatic rings. The first kappa shape index (κ1) is 8.99. The number of nitrogens with one attached hydrogen (secondary N) is 1. The molecule has 0 radical (unpaired) electrons. The number of benzene rings is 1. The van der Waals surface area contributed by atoms with Crippen LogP contribution in [0.5, 0.6) is 5.75 Å². The predicted molar refractivity (Wildman–Crippen MR) is 52.6 cm³/mol. The Hall–Kier alpha value is -0.580. The molecule has 1 heterocycles. The molecule has 0 saturated carbocycles. The van der Waals surface area contributed by atoms with E-state index >= 15 is 0 Å². The van der Waals surface area contributed by atoms with Gasteiger partial charge in [-0.1, -0.05) is 15.9 Å². The van der Waals surface area contributed by atoms with Crippen LogP contribution in [0, 0.1) is 0 Å². The predicted octanol–water partition coefficient (Wildman–Crippen LogP) is 0.945. The minimum absolute atomic E-state index is 0.179. The maximum atomic E-state index is 9.98. The molecule has 1 aliphatic rings. The zero-order chi connectivity index (χ0) is 9.47. The van der Waals surface area contributed by atoms with Gasteiger partial charge in [0, 0.05) is 23.1 Å². The van der Waals surface area contributed by atoms with Crippen molar-refractivity contribution in [2.45, 2.75) is 5.60 Å². The fraction of sp³-hybridized carbons (Fsp3) is 0.333. The lowest BCUT2D eigenvalue weighted by atomic mass is 9.88. The summed E-state index contributed by atoms with van der Waals surface area (Å²) in [5, 5.41) is 22.2. The van der Waals surface area contributed by atoms with Gasteiger partial charge in [0.25, 0.3) is 0 Å². The highest BCUT2D eigenvalue weighted by atomic mass is 79.9. The summed E-state index contributed by atoms with van der Waals surface area (Å²) in [6, 6.07) is 4.91. The molecule has 13 heavy (non-hydrogen) atoms. The fourth-order valence-corrected chi connectivity index (χ4v) is 2.04. The van der Waals surface area contributed by atoms with Crippen molar-refractivity contribution >= 4 is 15.9 Å². The number of aromatic hydroxyl groups is 1. The second kappa shape index (κ2) is 2.97. The topological polar surface area (TPSA) is 52.5 Å². The summed E-state index contributed by atoms with van der Waals surface area (Å²) in [4.78, 5) is 0. The quantitative estimate of drug-likeness (QED) is 0.689. The lowest BCUT2D eigenvalue weighted by Gasteiger charge is -2.38. The molecule has 3 N–H and O–H groups in total. The van der Waals surface area contributed by atoms with Crippen LogP contribution in [0.1, 0.15) is 5.56 Å². The highest BCUT2D eigenvalue weighted by Crippen LogP contribution is 2.33. The standard InChI is InChI=1S/C9H10BrNO2/c10-8-2-1-6(12)3-7(8)9(13)4-11-5-9/h1-3,11-13H,4-5H2. The third-order valence-electron chi connectivity index (χ3n) is 2.29. The van der Waals surface area contributed by atoms with E-state index < -0.39 is 5.60 Å². The highest BCUT2D eigenvalue weighted by molar-refractivity contribution is 9.10. The molecule has 4 heteroatoms. The van der Waals surface area contributed by atoms with Crippen molar-refractivity contribution in [3.8, 4) is 5.75 Å². The van der Waals surface area contributed by atoms with Crippen LogP contribution in [0.3, 0.4) is 0 Å². The molecule has 1 fully saturated rings. The number of phenolic OH excluding ortho intramolecular Hbond substituents is 1. The number of rotatable bonds is 1. The number of hydrogen-bond donors (Lipinski definition) is 3. The Morgan fingerprint density at radius 2 is 2.08 bits per heavy atom. The number of phenols is 1. The van der Waals surface area contributed by atoms with Gasteiger partial charge in [-0.25, -0.2) is 0 Å². The van der Waals surface area contributed by atoms with Crippen molar-refractivity contribution in [1.29, 1.82) is 0 Å². The minimum Gasteiger partial charge on any atom is -0.508 e. The van der Waals surface area contributed by atoms with Crippen molar-refractivity contribution in [3.63, 3.8) is 0 Å². The molecule has 0 aromatic heterocycles. The fourth-order valence-electron chi connectivity index (χ4n) is 1.42. The molecule has 3 nitrogen and oxygen atoms in total. The van der Waals surface area contributed by atoms with E-state index in [1.807, 2.05) is 0 Å². The van der Waals surface area contributed by atoms with Gasteiger partial charge in [0.05, 0.1) is 0 Å². The van der Waals surface area contributed by atoms with E-state index in [0.29, 0.717) is 13.1 Å². The van der Waals surface area contributed by atoms with Crippen molar-refractivity contribution in [1.82, 2.24) is 5.32 Å². The molecular formula is C9H10BrNO2. The van der Waals surface area contributed by atoms with Gasteiger partial charge in [0.15, 0.2) is 0 Å². The highest BCUT2D eigenvalue weighted by Gasteiger charge is 2.37. The van der Waals surface area contributed by atoms with Crippen LogP contribution in [-0.2, 0) is 5.60 Å². The van der Waals surface area contributed by atoms with Gasteiger partial charge in [-0.15, -0.1) is 0 Å². The summed E-state index contributed by atoms with van der Waals surface area (Å²) in [7, 11) is 0. The zero-order valence-electron chi connectivity index (χ0n) is 6.92. The summed E-state index contributed by atoms with van der Waals surface area (Å²) >= 11 is 3.34. The van der Waals surface area contributed by atoms with E-state index in [0.717, 1.165) is 10.0 Å². The van der Waals surface area contributed by atoms with E-state index in [2.05, 4.69) is 21.2 Å². The van der Waals surface area contributed by atoms with Crippen LogP contribution in [0.15, 0.2) is 22.7 Å². The summed E-state index contributed by atoms with van der Waals surface area (Å²) in [5.41, 5.74) is -0.0800. The van der Waals surface area contributed by atoms with Crippen LogP contribution in [0.4, 0.5) is 0 Å². The van der Waals surface area contributed by atoms with Gasteiger partial charge < -0.3 is 15.5 Å². The molecule has 1 aromatic carbocycles. The average molecular weight is 244 g/mol. The van der Waals surface area contributed by atoms with Crippen LogP contribution in [0.25, 0.3) is 0 Å². The molecule has 70 valence electrons. The number of hydrogen-bond acceptors (Lipinski definition) is 3. The zero-order valence-corrected chi connectivity index (χ0v) is 8.50. The first-order valence-corrected chi connectivity index (χ1v) is 4.83. The van der Waals surface area contributed by atoms with Crippen LogP contribution in [-0.4, -0.2) is 23.3 Å². The summed E-state index contributed by atoms with van der Waals surface area (Å²) < 4.78 is 0.828. The van der Waals surface area contributed by atoms with Crippen molar-refractivity contribution < 1.29 is 10.2 Å². The Morgan fingerprint density at radius 1 is 1.38 bits per heavy atom. The van der Waals surface area contributed by atoms with E-state index in [9.17, 15) is 10.2 Å². The molecular weight excluding hydrogens is 234 g/mol. The van der Waals surface area contributed by atoms with Gasteiger partial charge in [-0.3, -0.25) is 0 Å². The van der Waals surface area contributed by atoms with Crippen LogP contribution in [0.2, 0.25) is 0 Å². The van der Waals surface area contributed by atoms with Gasteiger partial charge in [0.2, 0.25) is 0 Å². The van der Waals surface area contributed by atoms with Gasteiger partial charge in [-0.2, -0.15) is 0 Å². The summed E-state index contributed by atoms with van der Waals surface area (Å²) in [6.45, 7) is 1.07. The second-order valence-electron chi connectivity index (χ2n) is 3.30. The lowest BCUT2D eigenvalue weighted by Crippen LogP contribution is -2.56. The van der Waals surface area contributed by atoms with Crippen molar-refractivity contribution in [2.75, 3.05) is 13.1 Å². The Morgan fingerprint density at radius 3 is 2.62 bits per heavy atom. The Bertz CT molecular complexity index is 336. The SMILES string of the molecule is Oc1ccc(Br)c(C2(O)CNC2)c1. The lowest BCUT2D eigenvalue weighted by molar-refractivity contribution is -0.0154. The number of β-amino-alcohol motifs (C(OH)–C–C–N with tert-alkyl or cyclic N) is 1. The Balaban J connectivity index is 2.43. The van der Waals surface area contributed by atoms with Crippen LogP contribution < -0.4 is 5.32 Å². The molecule has 0 spiro atoms. The Kier molecular flexibility index (Phi) is 2.06. The molecule has 1 saturated heterocycles. The van der Waals surface area contributed by atoms with E-state index in [1.165, 1.54) is 0 Å². The first-order chi connectivity index (χ1) is 6.12. The average Bonchev–Trinajstić information content (AvgIpc) is 2.05. The van der Waals surface area contributed by atoms with Crippen molar-refractivity contribution in [3.05, 3.63) is 28.2 Å². The van der Waals surface area contributed by atoms with Crippen molar-refractivity contribution in [2.24, 2.45) is 0 Å². The van der Waals surface area contributed by atoms with Gasteiger partial charge >= 0.3 is 0 Å². The molecule has 1 aliphatic heterocycles. The molecule has 0 atom stereocenters. The van der Waals surface area contributed by atoms with E-state index in [-0.39, 0.29) is 5.75 Å².